The molecule has 2 rings (SSSR count). The van der Waals surface area contributed by atoms with Gasteiger partial charge in [0.05, 0.1) is 11.7 Å². The van der Waals surface area contributed by atoms with Gasteiger partial charge in [0.15, 0.2) is 0 Å². The number of unbranched alkanes of at least 4 members (excludes halogenated alkanes) is 1. The quantitative estimate of drug-likeness (QED) is 0.554. The summed E-state index contributed by atoms with van der Waals surface area (Å²) in [4.78, 5) is 11.1. The highest BCUT2D eigenvalue weighted by Crippen LogP contribution is 2.23. The van der Waals surface area contributed by atoms with Crippen LogP contribution in [0.1, 0.15) is 36.9 Å². The van der Waals surface area contributed by atoms with Crippen LogP contribution in [-0.2, 0) is 6.54 Å². The van der Waals surface area contributed by atoms with Crippen molar-refractivity contribution >= 4 is 6.21 Å². The van der Waals surface area contributed by atoms with E-state index >= 15 is 0 Å². The van der Waals surface area contributed by atoms with Crippen LogP contribution in [-0.4, -0.2) is 49.3 Å². The summed E-state index contributed by atoms with van der Waals surface area (Å²) < 4.78 is 0. The van der Waals surface area contributed by atoms with Gasteiger partial charge in [-0.15, -0.1) is 0 Å². The van der Waals surface area contributed by atoms with Gasteiger partial charge in [-0.25, -0.2) is 0 Å². The summed E-state index contributed by atoms with van der Waals surface area (Å²) in [6.07, 6.45) is 8.81. The lowest BCUT2D eigenvalue weighted by Crippen LogP contribution is -2.18. The normalized spacial score (nSPS) is 15.3. The monoisotopic (exact) mass is 274 g/mol. The lowest BCUT2D eigenvalue weighted by atomic mass is 10.2. The van der Waals surface area contributed by atoms with E-state index in [1.165, 1.54) is 25.7 Å². The van der Waals surface area contributed by atoms with Crippen molar-refractivity contribution in [3.63, 3.8) is 0 Å². The molecule has 1 heterocycles. The van der Waals surface area contributed by atoms with E-state index in [1.54, 1.807) is 0 Å². The SMILES string of the molecule is CN(C)CCCCNCc1cc(/C=N\C2CC2)ccn1. The molecule has 20 heavy (non-hydrogen) atoms. The van der Waals surface area contributed by atoms with E-state index in [0.29, 0.717) is 6.04 Å². The highest BCUT2D eigenvalue weighted by molar-refractivity contribution is 5.79. The number of pyridine rings is 1. The van der Waals surface area contributed by atoms with Crippen LogP contribution in [0.15, 0.2) is 23.3 Å². The van der Waals surface area contributed by atoms with Gasteiger partial charge >= 0.3 is 0 Å². The average Bonchev–Trinajstić information content (AvgIpc) is 3.25. The molecule has 0 bridgehead atoms. The van der Waals surface area contributed by atoms with Gasteiger partial charge in [-0.05, 0) is 70.6 Å². The van der Waals surface area contributed by atoms with E-state index in [0.717, 1.165) is 30.9 Å². The van der Waals surface area contributed by atoms with Gasteiger partial charge in [-0.2, -0.15) is 0 Å². The van der Waals surface area contributed by atoms with Crippen molar-refractivity contribution in [2.45, 2.75) is 38.3 Å². The first-order valence-corrected chi connectivity index (χ1v) is 7.57. The summed E-state index contributed by atoms with van der Waals surface area (Å²) in [7, 11) is 4.23. The summed E-state index contributed by atoms with van der Waals surface area (Å²) in [5.41, 5.74) is 2.26. The van der Waals surface area contributed by atoms with E-state index in [-0.39, 0.29) is 0 Å². The summed E-state index contributed by atoms with van der Waals surface area (Å²) >= 11 is 0. The molecular formula is C16H26N4. The number of hydrogen-bond donors (Lipinski definition) is 1. The minimum Gasteiger partial charge on any atom is -0.311 e. The molecule has 1 aromatic heterocycles. The first kappa shape index (κ1) is 15.1. The Morgan fingerprint density at radius 3 is 3.00 bits per heavy atom. The maximum absolute atomic E-state index is 4.51. The van der Waals surface area contributed by atoms with Crippen LogP contribution in [0.2, 0.25) is 0 Å². The summed E-state index contributed by atoms with van der Waals surface area (Å²) in [5.74, 6) is 0. The molecule has 1 saturated carbocycles. The fourth-order valence-corrected chi connectivity index (χ4v) is 1.98. The van der Waals surface area contributed by atoms with Crippen LogP contribution < -0.4 is 5.32 Å². The predicted octanol–water partition coefficient (Wildman–Crippen LogP) is 2.09. The Bertz CT molecular complexity index is 424. The zero-order valence-electron chi connectivity index (χ0n) is 12.7. The van der Waals surface area contributed by atoms with Crippen molar-refractivity contribution in [2.75, 3.05) is 27.2 Å². The van der Waals surface area contributed by atoms with Crippen molar-refractivity contribution in [3.8, 4) is 0 Å². The fourth-order valence-electron chi connectivity index (χ4n) is 1.98. The molecule has 0 unspecified atom stereocenters. The topological polar surface area (TPSA) is 40.5 Å². The Hall–Kier alpha value is -1.26. The standard InChI is InChI=1S/C16H26N4/c1-20(2)10-4-3-8-17-13-16-11-14(7-9-18-16)12-19-15-5-6-15/h7,9,11-12,15,17H,3-6,8,10,13H2,1-2H3/b19-12-. The van der Waals surface area contributed by atoms with Crippen molar-refractivity contribution in [3.05, 3.63) is 29.6 Å². The van der Waals surface area contributed by atoms with Gasteiger partial charge in [0, 0.05) is 19.0 Å². The molecule has 0 spiro atoms. The van der Waals surface area contributed by atoms with Gasteiger partial charge in [-0.3, -0.25) is 9.98 Å². The molecule has 0 saturated heterocycles. The second kappa shape index (κ2) is 8.12. The molecule has 1 N–H and O–H groups in total. The smallest absolute Gasteiger partial charge is 0.0548 e. The van der Waals surface area contributed by atoms with E-state index in [2.05, 4.69) is 40.4 Å². The van der Waals surface area contributed by atoms with Crippen LogP contribution in [0.4, 0.5) is 0 Å². The molecule has 0 amide bonds. The third-order valence-corrected chi connectivity index (χ3v) is 3.34. The second-order valence-corrected chi connectivity index (χ2v) is 5.78. The van der Waals surface area contributed by atoms with E-state index < -0.39 is 0 Å². The Labute approximate surface area is 122 Å². The van der Waals surface area contributed by atoms with Crippen LogP contribution in [0.3, 0.4) is 0 Å². The van der Waals surface area contributed by atoms with Crippen molar-refractivity contribution < 1.29 is 0 Å². The molecule has 0 radical (unpaired) electrons. The molecule has 1 aliphatic carbocycles. The van der Waals surface area contributed by atoms with Gasteiger partial charge in [0.25, 0.3) is 0 Å². The highest BCUT2D eigenvalue weighted by atomic mass is 15.0. The Morgan fingerprint density at radius 1 is 1.40 bits per heavy atom. The minimum absolute atomic E-state index is 0.585. The first-order chi connectivity index (χ1) is 9.74. The van der Waals surface area contributed by atoms with Crippen LogP contribution in [0.5, 0.6) is 0 Å². The van der Waals surface area contributed by atoms with Crippen molar-refractivity contribution in [2.24, 2.45) is 4.99 Å². The lowest BCUT2D eigenvalue weighted by molar-refractivity contribution is 0.391. The maximum atomic E-state index is 4.51. The molecule has 0 atom stereocenters. The Morgan fingerprint density at radius 2 is 2.25 bits per heavy atom. The molecule has 4 nitrogen and oxygen atoms in total. The first-order valence-electron chi connectivity index (χ1n) is 7.57. The number of aromatic nitrogens is 1. The zero-order valence-corrected chi connectivity index (χ0v) is 12.7. The second-order valence-electron chi connectivity index (χ2n) is 5.78. The molecule has 1 aliphatic rings. The van der Waals surface area contributed by atoms with Gasteiger partial charge in [0.2, 0.25) is 0 Å². The number of aliphatic imine (C=N–C) groups is 1. The van der Waals surface area contributed by atoms with Gasteiger partial charge in [0.1, 0.15) is 0 Å². The predicted molar refractivity (Wildman–Crippen MR) is 84.3 cm³/mol. The third-order valence-electron chi connectivity index (χ3n) is 3.34. The number of hydrogen-bond acceptors (Lipinski definition) is 4. The minimum atomic E-state index is 0.585. The Kier molecular flexibility index (Phi) is 6.15. The number of rotatable bonds is 9. The fraction of sp³-hybridized carbons (Fsp3) is 0.625. The summed E-state index contributed by atoms with van der Waals surface area (Å²) in [6.45, 7) is 3.05. The lowest BCUT2D eigenvalue weighted by Gasteiger charge is -2.09. The van der Waals surface area contributed by atoms with Crippen LogP contribution in [0, 0.1) is 0 Å². The van der Waals surface area contributed by atoms with Crippen LogP contribution >= 0.6 is 0 Å². The summed E-state index contributed by atoms with van der Waals surface area (Å²) in [5, 5.41) is 3.45. The molecule has 4 heteroatoms. The molecule has 110 valence electrons. The molecule has 1 fully saturated rings. The molecule has 0 aromatic carbocycles. The number of nitrogens with one attached hydrogen (secondary N) is 1. The highest BCUT2D eigenvalue weighted by Gasteiger charge is 2.18. The average molecular weight is 274 g/mol. The van der Waals surface area contributed by atoms with E-state index in [4.69, 9.17) is 0 Å². The molecular weight excluding hydrogens is 248 g/mol. The van der Waals surface area contributed by atoms with Gasteiger partial charge in [-0.1, -0.05) is 0 Å². The molecule has 1 aromatic rings. The number of nitrogens with zero attached hydrogens (tertiary/aromatic N) is 3. The zero-order chi connectivity index (χ0) is 14.2. The van der Waals surface area contributed by atoms with Gasteiger partial charge < -0.3 is 10.2 Å². The van der Waals surface area contributed by atoms with E-state index in [1.807, 2.05) is 18.5 Å². The molecule has 0 aliphatic heterocycles. The third kappa shape index (κ3) is 6.26. The van der Waals surface area contributed by atoms with Crippen molar-refractivity contribution in [1.29, 1.82) is 0 Å². The summed E-state index contributed by atoms with van der Waals surface area (Å²) in [6, 6.07) is 4.73. The van der Waals surface area contributed by atoms with Crippen LogP contribution in [0.25, 0.3) is 0 Å². The maximum Gasteiger partial charge on any atom is 0.0548 e. The van der Waals surface area contributed by atoms with Crippen molar-refractivity contribution in [1.82, 2.24) is 15.2 Å². The Balaban J connectivity index is 1.66. The largest absolute Gasteiger partial charge is 0.311 e. The van der Waals surface area contributed by atoms with E-state index in [9.17, 15) is 0 Å².